The van der Waals surface area contributed by atoms with Gasteiger partial charge in [0.2, 0.25) is 0 Å². The Hall–Kier alpha value is -1.32. The Morgan fingerprint density at radius 1 is 1.18 bits per heavy atom. The van der Waals surface area contributed by atoms with Crippen LogP contribution in [0.2, 0.25) is 0 Å². The first-order chi connectivity index (χ1) is 5.20. The molecule has 2 aliphatic rings. The number of nitrogens with zero attached hydrogens (tertiary/aromatic N) is 4. The van der Waals surface area contributed by atoms with Gasteiger partial charge in [0.15, 0.2) is 5.84 Å². The average molecular weight is 148 g/mol. The lowest BCUT2D eigenvalue weighted by Gasteiger charge is -2.20. The fourth-order valence-corrected chi connectivity index (χ4v) is 1.08. The summed E-state index contributed by atoms with van der Waals surface area (Å²) in [7, 11) is 0. The SMILES string of the molecule is CC1(C)N=CN=C2N=CN=C21. The topological polar surface area (TPSA) is 49.4 Å². The lowest BCUT2D eigenvalue weighted by molar-refractivity contribution is 0.709. The van der Waals surface area contributed by atoms with Crippen molar-refractivity contribution in [1.82, 2.24) is 0 Å². The molecular formula is C7H8N4. The van der Waals surface area contributed by atoms with Gasteiger partial charge in [-0.05, 0) is 13.8 Å². The zero-order valence-corrected chi connectivity index (χ0v) is 6.44. The van der Waals surface area contributed by atoms with E-state index in [-0.39, 0.29) is 5.54 Å². The highest BCUT2D eigenvalue weighted by Crippen LogP contribution is 2.18. The molecule has 0 fully saturated rings. The van der Waals surface area contributed by atoms with E-state index < -0.39 is 0 Å². The first-order valence-electron chi connectivity index (χ1n) is 3.43. The van der Waals surface area contributed by atoms with Crippen LogP contribution in [0.5, 0.6) is 0 Å². The number of hydrogen-bond acceptors (Lipinski definition) is 4. The molecule has 4 nitrogen and oxygen atoms in total. The molecule has 0 amide bonds. The van der Waals surface area contributed by atoms with Gasteiger partial charge in [0, 0.05) is 0 Å². The molecule has 0 aliphatic carbocycles. The lowest BCUT2D eigenvalue weighted by Crippen LogP contribution is -2.36. The van der Waals surface area contributed by atoms with Crippen molar-refractivity contribution >= 4 is 24.2 Å². The third-order valence-corrected chi connectivity index (χ3v) is 1.72. The summed E-state index contributed by atoms with van der Waals surface area (Å²) >= 11 is 0. The number of fused-ring (bicyclic) bond motifs is 1. The van der Waals surface area contributed by atoms with Crippen LogP contribution in [0.15, 0.2) is 20.0 Å². The van der Waals surface area contributed by atoms with E-state index in [4.69, 9.17) is 0 Å². The average Bonchev–Trinajstić information content (AvgIpc) is 2.34. The number of amidine groups is 1. The van der Waals surface area contributed by atoms with Gasteiger partial charge in [-0.25, -0.2) is 15.0 Å². The van der Waals surface area contributed by atoms with Crippen molar-refractivity contribution in [2.75, 3.05) is 0 Å². The molecule has 0 saturated heterocycles. The van der Waals surface area contributed by atoms with Crippen molar-refractivity contribution in [1.29, 1.82) is 0 Å². The van der Waals surface area contributed by atoms with Gasteiger partial charge in [-0.3, -0.25) is 4.99 Å². The van der Waals surface area contributed by atoms with E-state index >= 15 is 0 Å². The third-order valence-electron chi connectivity index (χ3n) is 1.72. The van der Waals surface area contributed by atoms with Crippen molar-refractivity contribution in [2.45, 2.75) is 19.4 Å². The van der Waals surface area contributed by atoms with Gasteiger partial charge in [0.05, 0.1) is 0 Å². The second-order valence-electron chi connectivity index (χ2n) is 2.98. The van der Waals surface area contributed by atoms with Crippen molar-refractivity contribution in [3.05, 3.63) is 0 Å². The highest BCUT2D eigenvalue weighted by Gasteiger charge is 2.31. The Morgan fingerprint density at radius 3 is 2.73 bits per heavy atom. The molecule has 0 saturated carbocycles. The summed E-state index contributed by atoms with van der Waals surface area (Å²) in [6.45, 7) is 3.98. The fourth-order valence-electron chi connectivity index (χ4n) is 1.08. The van der Waals surface area contributed by atoms with Crippen LogP contribution < -0.4 is 0 Å². The second-order valence-corrected chi connectivity index (χ2v) is 2.98. The van der Waals surface area contributed by atoms with E-state index in [1.165, 1.54) is 12.7 Å². The van der Waals surface area contributed by atoms with E-state index in [0.29, 0.717) is 5.84 Å². The maximum Gasteiger partial charge on any atom is 0.179 e. The molecule has 2 rings (SSSR count). The van der Waals surface area contributed by atoms with Gasteiger partial charge in [-0.2, -0.15) is 0 Å². The van der Waals surface area contributed by atoms with Crippen LogP contribution >= 0.6 is 0 Å². The van der Waals surface area contributed by atoms with Crippen LogP contribution in [0.3, 0.4) is 0 Å². The summed E-state index contributed by atoms with van der Waals surface area (Å²) in [5.41, 5.74) is 0.605. The van der Waals surface area contributed by atoms with Gasteiger partial charge < -0.3 is 0 Å². The minimum absolute atomic E-state index is 0.256. The number of hydrogen-bond donors (Lipinski definition) is 0. The molecule has 11 heavy (non-hydrogen) atoms. The van der Waals surface area contributed by atoms with Gasteiger partial charge in [0.1, 0.15) is 23.9 Å². The fraction of sp³-hybridized carbons (Fsp3) is 0.429. The monoisotopic (exact) mass is 148 g/mol. The smallest absolute Gasteiger partial charge is 0.179 e. The minimum Gasteiger partial charge on any atom is -0.261 e. The predicted octanol–water partition coefficient (Wildman–Crippen LogP) is 0.688. The quantitative estimate of drug-likeness (QED) is 0.485. The van der Waals surface area contributed by atoms with Gasteiger partial charge >= 0.3 is 0 Å². The minimum atomic E-state index is -0.256. The molecule has 0 radical (unpaired) electrons. The van der Waals surface area contributed by atoms with Gasteiger partial charge in [-0.15, -0.1) is 0 Å². The largest absolute Gasteiger partial charge is 0.261 e. The Kier molecular flexibility index (Phi) is 1.07. The van der Waals surface area contributed by atoms with Crippen LogP contribution in [0, 0.1) is 0 Å². The van der Waals surface area contributed by atoms with Crippen LogP contribution in [-0.2, 0) is 0 Å². The molecule has 0 spiro atoms. The Balaban J connectivity index is 2.51. The highest BCUT2D eigenvalue weighted by molar-refractivity contribution is 6.50. The Labute approximate surface area is 64.5 Å². The first-order valence-corrected chi connectivity index (χ1v) is 3.43. The summed E-state index contributed by atoms with van der Waals surface area (Å²) < 4.78 is 0. The summed E-state index contributed by atoms with van der Waals surface area (Å²) in [5, 5.41) is 0. The summed E-state index contributed by atoms with van der Waals surface area (Å²) in [5.74, 6) is 0.699. The van der Waals surface area contributed by atoms with Crippen LogP contribution in [0.1, 0.15) is 13.8 Å². The summed E-state index contributed by atoms with van der Waals surface area (Å²) in [4.78, 5) is 16.2. The van der Waals surface area contributed by atoms with Crippen molar-refractivity contribution in [3.8, 4) is 0 Å². The molecule has 2 heterocycles. The van der Waals surface area contributed by atoms with Crippen LogP contribution in [0.4, 0.5) is 0 Å². The molecule has 56 valence electrons. The van der Waals surface area contributed by atoms with Gasteiger partial charge in [0.25, 0.3) is 0 Å². The van der Waals surface area contributed by atoms with E-state index in [1.807, 2.05) is 13.8 Å². The van der Waals surface area contributed by atoms with Crippen molar-refractivity contribution in [2.24, 2.45) is 20.0 Å². The second kappa shape index (κ2) is 1.84. The van der Waals surface area contributed by atoms with E-state index in [1.54, 1.807) is 0 Å². The Morgan fingerprint density at radius 2 is 2.00 bits per heavy atom. The number of aliphatic imine (C=N–C) groups is 4. The van der Waals surface area contributed by atoms with Gasteiger partial charge in [-0.1, -0.05) is 0 Å². The number of rotatable bonds is 0. The maximum atomic E-state index is 4.18. The Bertz CT molecular complexity index is 306. The molecule has 0 bridgehead atoms. The lowest BCUT2D eigenvalue weighted by atomic mass is 9.98. The molecule has 0 aromatic heterocycles. The standard InChI is InChI=1S/C7H8N4/c1-7(2)5-6(9-3-8-5)10-4-11-7/h3-4H,1-2H3. The molecule has 4 heteroatoms. The molecular weight excluding hydrogens is 140 g/mol. The van der Waals surface area contributed by atoms with E-state index in [0.717, 1.165) is 5.71 Å². The molecule has 0 aromatic rings. The van der Waals surface area contributed by atoms with Crippen LogP contribution in [0.25, 0.3) is 0 Å². The first kappa shape index (κ1) is 6.39. The third kappa shape index (κ3) is 0.824. The van der Waals surface area contributed by atoms with E-state index in [9.17, 15) is 0 Å². The maximum absolute atomic E-state index is 4.18. The van der Waals surface area contributed by atoms with E-state index in [2.05, 4.69) is 20.0 Å². The summed E-state index contributed by atoms with van der Waals surface area (Å²) in [6.07, 6.45) is 3.06. The molecule has 0 unspecified atom stereocenters. The van der Waals surface area contributed by atoms with Crippen LogP contribution in [-0.4, -0.2) is 29.8 Å². The highest BCUT2D eigenvalue weighted by atomic mass is 15.1. The molecule has 2 aliphatic heterocycles. The normalized spacial score (nSPS) is 24.5. The zero-order valence-electron chi connectivity index (χ0n) is 6.44. The van der Waals surface area contributed by atoms with Crippen molar-refractivity contribution < 1.29 is 0 Å². The molecule has 0 aromatic carbocycles. The van der Waals surface area contributed by atoms with Crippen molar-refractivity contribution in [3.63, 3.8) is 0 Å². The molecule has 0 atom stereocenters. The zero-order chi connectivity index (χ0) is 7.90. The predicted molar refractivity (Wildman–Crippen MR) is 45.9 cm³/mol. The summed E-state index contributed by atoms with van der Waals surface area (Å²) in [6, 6.07) is 0. The molecule has 0 N–H and O–H groups in total.